The quantitative estimate of drug-likeness (QED) is 0.863. The first-order valence-corrected chi connectivity index (χ1v) is 7.91. The number of halogens is 3. The molecule has 4 rings (SSSR count). The molecule has 1 aromatic carbocycles. The lowest BCUT2D eigenvalue weighted by Crippen LogP contribution is -2.67. The Kier molecular flexibility index (Phi) is 3.65. The maximum atomic E-state index is 13.1. The van der Waals surface area contributed by atoms with Crippen LogP contribution in [0.25, 0.3) is 10.9 Å². The molecule has 0 bridgehead atoms. The van der Waals surface area contributed by atoms with E-state index in [9.17, 15) is 19.0 Å². The SMILES string of the molecule is O[C@@H]1COC2(CN(c3cc(C(F)F)nc4ccc(Cl)cc34)C2)[C@@H]1O. The molecule has 2 saturated heterocycles. The van der Waals surface area contributed by atoms with Gasteiger partial charge in [-0.15, -0.1) is 0 Å². The predicted octanol–water partition coefficient (Wildman–Crippen LogP) is 2.14. The summed E-state index contributed by atoms with van der Waals surface area (Å²) in [4.78, 5) is 5.80. The third-order valence-corrected chi connectivity index (χ3v) is 4.93. The summed E-state index contributed by atoms with van der Waals surface area (Å²) in [5.74, 6) is 0. The molecule has 3 heterocycles. The van der Waals surface area contributed by atoms with Gasteiger partial charge in [0.15, 0.2) is 0 Å². The third kappa shape index (κ3) is 2.35. The van der Waals surface area contributed by atoms with E-state index in [2.05, 4.69) is 4.98 Å². The minimum atomic E-state index is -2.69. The van der Waals surface area contributed by atoms with Crippen molar-refractivity contribution in [3.8, 4) is 0 Å². The zero-order valence-corrected chi connectivity index (χ0v) is 13.2. The third-order valence-electron chi connectivity index (χ3n) is 4.70. The fraction of sp³-hybridized carbons (Fsp3) is 0.438. The van der Waals surface area contributed by atoms with Crippen LogP contribution in [-0.4, -0.2) is 52.7 Å². The number of hydrogen-bond acceptors (Lipinski definition) is 5. The zero-order valence-electron chi connectivity index (χ0n) is 12.5. The molecule has 0 amide bonds. The van der Waals surface area contributed by atoms with E-state index in [0.29, 0.717) is 34.7 Å². The van der Waals surface area contributed by atoms with Crippen molar-refractivity contribution < 1.29 is 23.7 Å². The van der Waals surface area contributed by atoms with Crippen LogP contribution in [-0.2, 0) is 4.74 Å². The number of alkyl halides is 2. The van der Waals surface area contributed by atoms with Gasteiger partial charge in [0.05, 0.1) is 25.2 Å². The van der Waals surface area contributed by atoms with E-state index in [1.807, 2.05) is 4.90 Å². The number of anilines is 1. The number of aromatic nitrogens is 1. The molecule has 5 nitrogen and oxygen atoms in total. The number of benzene rings is 1. The van der Waals surface area contributed by atoms with Crippen molar-refractivity contribution in [3.63, 3.8) is 0 Å². The highest BCUT2D eigenvalue weighted by molar-refractivity contribution is 6.31. The first-order chi connectivity index (χ1) is 11.4. The van der Waals surface area contributed by atoms with Crippen molar-refractivity contribution in [1.82, 2.24) is 4.98 Å². The number of aliphatic hydroxyl groups is 2. The Labute approximate surface area is 141 Å². The van der Waals surface area contributed by atoms with Crippen LogP contribution in [0.5, 0.6) is 0 Å². The molecule has 0 aliphatic carbocycles. The number of rotatable bonds is 2. The lowest BCUT2D eigenvalue weighted by molar-refractivity contribution is -0.0811. The summed E-state index contributed by atoms with van der Waals surface area (Å²) in [7, 11) is 0. The summed E-state index contributed by atoms with van der Waals surface area (Å²) in [6.07, 6.45) is -4.60. The fourth-order valence-electron chi connectivity index (χ4n) is 3.40. The average Bonchev–Trinajstić information content (AvgIpc) is 2.81. The van der Waals surface area contributed by atoms with Gasteiger partial charge in [-0.3, -0.25) is 0 Å². The smallest absolute Gasteiger partial charge is 0.280 e. The lowest BCUT2D eigenvalue weighted by Gasteiger charge is -2.50. The summed E-state index contributed by atoms with van der Waals surface area (Å²) >= 11 is 6.03. The van der Waals surface area contributed by atoms with Crippen molar-refractivity contribution in [2.24, 2.45) is 0 Å². The van der Waals surface area contributed by atoms with Crippen LogP contribution in [0.2, 0.25) is 5.02 Å². The minimum absolute atomic E-state index is 0.0697. The van der Waals surface area contributed by atoms with Gasteiger partial charge in [-0.05, 0) is 24.3 Å². The number of pyridine rings is 1. The van der Waals surface area contributed by atoms with E-state index >= 15 is 0 Å². The van der Waals surface area contributed by atoms with Gasteiger partial charge >= 0.3 is 0 Å². The second kappa shape index (κ2) is 5.49. The molecule has 2 aliphatic rings. The van der Waals surface area contributed by atoms with Crippen LogP contribution >= 0.6 is 11.6 Å². The van der Waals surface area contributed by atoms with Gasteiger partial charge in [0.1, 0.15) is 23.5 Å². The number of nitrogens with zero attached hydrogens (tertiary/aromatic N) is 2. The van der Waals surface area contributed by atoms with E-state index in [-0.39, 0.29) is 12.3 Å². The van der Waals surface area contributed by atoms with Gasteiger partial charge in [-0.2, -0.15) is 0 Å². The Morgan fingerprint density at radius 1 is 1.29 bits per heavy atom. The largest absolute Gasteiger partial charge is 0.388 e. The molecule has 2 aliphatic heterocycles. The van der Waals surface area contributed by atoms with Gasteiger partial charge in [0, 0.05) is 16.1 Å². The molecule has 2 N–H and O–H groups in total. The number of fused-ring (bicyclic) bond motifs is 1. The van der Waals surface area contributed by atoms with Crippen LogP contribution in [0.1, 0.15) is 12.1 Å². The van der Waals surface area contributed by atoms with Crippen LogP contribution in [0.4, 0.5) is 14.5 Å². The Balaban J connectivity index is 1.73. The van der Waals surface area contributed by atoms with Crippen LogP contribution < -0.4 is 4.90 Å². The van der Waals surface area contributed by atoms with E-state index in [4.69, 9.17) is 16.3 Å². The number of aliphatic hydroxyl groups excluding tert-OH is 2. The Morgan fingerprint density at radius 3 is 2.67 bits per heavy atom. The van der Waals surface area contributed by atoms with Crippen molar-refractivity contribution in [1.29, 1.82) is 0 Å². The van der Waals surface area contributed by atoms with Gasteiger partial charge in [-0.25, -0.2) is 13.8 Å². The molecular formula is C16H15ClF2N2O3. The van der Waals surface area contributed by atoms with Crippen LogP contribution in [0.3, 0.4) is 0 Å². The number of ether oxygens (including phenoxy) is 1. The monoisotopic (exact) mass is 356 g/mol. The highest BCUT2D eigenvalue weighted by atomic mass is 35.5. The molecule has 8 heteroatoms. The molecule has 2 aromatic rings. The molecule has 1 spiro atoms. The van der Waals surface area contributed by atoms with Crippen molar-refractivity contribution in [3.05, 3.63) is 35.0 Å². The van der Waals surface area contributed by atoms with Crippen LogP contribution in [0, 0.1) is 0 Å². The molecule has 0 radical (unpaired) electrons. The predicted molar refractivity (Wildman–Crippen MR) is 84.6 cm³/mol. The highest BCUT2D eigenvalue weighted by Gasteiger charge is 2.56. The minimum Gasteiger partial charge on any atom is -0.388 e. The van der Waals surface area contributed by atoms with Gasteiger partial charge < -0.3 is 19.8 Å². The van der Waals surface area contributed by atoms with Crippen molar-refractivity contribution in [2.45, 2.75) is 24.2 Å². The van der Waals surface area contributed by atoms with Gasteiger partial charge in [0.2, 0.25) is 0 Å². The summed E-state index contributed by atoms with van der Waals surface area (Å²) in [5, 5.41) is 20.9. The zero-order chi connectivity index (χ0) is 17.1. The lowest BCUT2D eigenvalue weighted by atomic mass is 9.86. The normalized spacial score (nSPS) is 25.7. The summed E-state index contributed by atoms with van der Waals surface area (Å²) in [5.41, 5.74) is -0.158. The van der Waals surface area contributed by atoms with E-state index in [1.54, 1.807) is 18.2 Å². The van der Waals surface area contributed by atoms with Crippen molar-refractivity contribution in [2.75, 3.05) is 24.6 Å². The van der Waals surface area contributed by atoms with Gasteiger partial charge in [0.25, 0.3) is 6.43 Å². The average molecular weight is 357 g/mol. The fourth-order valence-corrected chi connectivity index (χ4v) is 3.57. The molecule has 0 unspecified atom stereocenters. The Morgan fingerprint density at radius 2 is 2.04 bits per heavy atom. The highest BCUT2D eigenvalue weighted by Crippen LogP contribution is 2.41. The Bertz CT molecular complexity index is 798. The first-order valence-electron chi connectivity index (χ1n) is 7.53. The molecular weight excluding hydrogens is 342 g/mol. The molecule has 0 saturated carbocycles. The first kappa shape index (κ1) is 16.0. The van der Waals surface area contributed by atoms with E-state index in [0.717, 1.165) is 0 Å². The van der Waals surface area contributed by atoms with Crippen molar-refractivity contribution >= 4 is 28.2 Å². The van der Waals surface area contributed by atoms with Crippen LogP contribution in [0.15, 0.2) is 24.3 Å². The maximum Gasteiger partial charge on any atom is 0.280 e. The molecule has 2 atom stereocenters. The van der Waals surface area contributed by atoms with E-state index < -0.39 is 24.2 Å². The summed E-state index contributed by atoms with van der Waals surface area (Å²) < 4.78 is 31.8. The molecule has 128 valence electrons. The molecule has 1 aromatic heterocycles. The maximum absolute atomic E-state index is 13.1. The standard InChI is InChI=1S/C16H15ClF2N2O3/c17-8-1-2-10-9(3-8)12(4-11(20-10)15(18)19)21-6-16(7-21)14(23)13(22)5-24-16/h1-4,13-15,22-23H,5-7H2/t13-,14-/m1/s1. The second-order valence-corrected chi connectivity index (χ2v) is 6.71. The summed E-state index contributed by atoms with van der Waals surface area (Å²) in [6.45, 7) is 0.680. The van der Waals surface area contributed by atoms with Gasteiger partial charge in [-0.1, -0.05) is 11.6 Å². The Hall–Kier alpha value is -1.54. The molecule has 24 heavy (non-hydrogen) atoms. The second-order valence-electron chi connectivity index (χ2n) is 6.27. The molecule has 2 fully saturated rings. The number of hydrogen-bond donors (Lipinski definition) is 2. The summed E-state index contributed by atoms with van der Waals surface area (Å²) in [6, 6.07) is 6.23. The van der Waals surface area contributed by atoms with E-state index in [1.165, 1.54) is 6.07 Å². The topological polar surface area (TPSA) is 65.8 Å².